The molecule has 0 aliphatic rings. The van der Waals surface area contributed by atoms with E-state index in [1.165, 1.54) is 0 Å². The summed E-state index contributed by atoms with van der Waals surface area (Å²) in [6, 6.07) is 3.52. The third-order valence-corrected chi connectivity index (χ3v) is 2.45. The first-order chi connectivity index (χ1) is 6.56. The van der Waals surface area contributed by atoms with Gasteiger partial charge in [-0.1, -0.05) is 19.9 Å². The lowest BCUT2D eigenvalue weighted by Gasteiger charge is -2.21. The Morgan fingerprint density at radius 1 is 1.43 bits per heavy atom. The van der Waals surface area contributed by atoms with Gasteiger partial charge in [0, 0.05) is 18.8 Å². The largest absolute Gasteiger partial charge is 0.328 e. The number of hydrogen-bond donors (Lipinski definition) is 1. The molecule has 78 valence electrons. The van der Waals surface area contributed by atoms with E-state index >= 15 is 0 Å². The monoisotopic (exact) mass is 194 g/mol. The van der Waals surface area contributed by atoms with Crippen LogP contribution in [-0.2, 0) is 0 Å². The standard InChI is InChI=1S/C11H18N2O/c1-8(2)10(6-12)13-7-9(3)4-5-11(13)14/h4-5,7-8,10H,6,12H2,1-3H3. The maximum Gasteiger partial charge on any atom is 0.250 e. The van der Waals surface area contributed by atoms with E-state index in [0.717, 1.165) is 5.56 Å². The molecule has 1 atom stereocenters. The fraction of sp³-hybridized carbons (Fsp3) is 0.545. The van der Waals surface area contributed by atoms with Crippen LogP contribution in [0.1, 0.15) is 25.5 Å². The summed E-state index contributed by atoms with van der Waals surface area (Å²) in [4.78, 5) is 11.6. The van der Waals surface area contributed by atoms with E-state index in [9.17, 15) is 4.79 Å². The first-order valence-electron chi connectivity index (χ1n) is 4.95. The lowest BCUT2D eigenvalue weighted by molar-refractivity contribution is 0.375. The van der Waals surface area contributed by atoms with Crippen LogP contribution >= 0.6 is 0 Å². The summed E-state index contributed by atoms with van der Waals surface area (Å²) in [7, 11) is 0. The normalized spacial score (nSPS) is 13.2. The Balaban J connectivity index is 3.15. The number of aryl methyl sites for hydroxylation is 1. The molecule has 2 N–H and O–H groups in total. The van der Waals surface area contributed by atoms with Gasteiger partial charge in [0.25, 0.3) is 5.56 Å². The van der Waals surface area contributed by atoms with Crippen molar-refractivity contribution in [2.24, 2.45) is 11.7 Å². The van der Waals surface area contributed by atoms with Crippen molar-refractivity contribution < 1.29 is 0 Å². The molecular weight excluding hydrogens is 176 g/mol. The SMILES string of the molecule is Cc1ccc(=O)n(C(CN)C(C)C)c1. The first-order valence-corrected chi connectivity index (χ1v) is 4.95. The number of aromatic nitrogens is 1. The molecule has 1 unspecified atom stereocenters. The third-order valence-electron chi connectivity index (χ3n) is 2.45. The van der Waals surface area contributed by atoms with E-state index in [1.54, 1.807) is 10.6 Å². The summed E-state index contributed by atoms with van der Waals surface area (Å²) in [5, 5.41) is 0. The van der Waals surface area contributed by atoms with Crippen LogP contribution in [0.25, 0.3) is 0 Å². The van der Waals surface area contributed by atoms with Crippen molar-refractivity contribution in [1.82, 2.24) is 4.57 Å². The van der Waals surface area contributed by atoms with Gasteiger partial charge in [0.2, 0.25) is 0 Å². The van der Waals surface area contributed by atoms with Crippen LogP contribution in [0.3, 0.4) is 0 Å². The highest BCUT2D eigenvalue weighted by Gasteiger charge is 2.14. The number of nitrogens with two attached hydrogens (primary N) is 1. The van der Waals surface area contributed by atoms with Gasteiger partial charge in [-0.2, -0.15) is 0 Å². The van der Waals surface area contributed by atoms with Gasteiger partial charge < -0.3 is 10.3 Å². The average molecular weight is 194 g/mol. The van der Waals surface area contributed by atoms with Crippen LogP contribution in [0.5, 0.6) is 0 Å². The predicted molar refractivity (Wildman–Crippen MR) is 58.4 cm³/mol. The maximum absolute atomic E-state index is 11.6. The number of rotatable bonds is 3. The molecule has 14 heavy (non-hydrogen) atoms. The summed E-state index contributed by atoms with van der Waals surface area (Å²) in [6.45, 7) is 6.63. The molecule has 0 radical (unpaired) electrons. The van der Waals surface area contributed by atoms with Crippen molar-refractivity contribution in [3.8, 4) is 0 Å². The summed E-state index contributed by atoms with van der Waals surface area (Å²) in [6.07, 6.45) is 1.87. The molecule has 0 amide bonds. The van der Waals surface area contributed by atoms with Gasteiger partial charge in [-0.3, -0.25) is 4.79 Å². The van der Waals surface area contributed by atoms with E-state index in [4.69, 9.17) is 5.73 Å². The number of pyridine rings is 1. The van der Waals surface area contributed by atoms with Crippen LogP contribution in [0.2, 0.25) is 0 Å². The second-order valence-electron chi connectivity index (χ2n) is 4.00. The molecular formula is C11H18N2O. The van der Waals surface area contributed by atoms with Crippen LogP contribution in [0, 0.1) is 12.8 Å². The molecule has 0 aliphatic carbocycles. The summed E-state index contributed by atoms with van der Waals surface area (Å²) in [5.41, 5.74) is 6.78. The van der Waals surface area contributed by atoms with Gasteiger partial charge in [-0.05, 0) is 18.4 Å². The topological polar surface area (TPSA) is 48.0 Å². The van der Waals surface area contributed by atoms with Crippen LogP contribution in [0.15, 0.2) is 23.1 Å². The fourth-order valence-electron chi connectivity index (χ4n) is 1.58. The molecule has 0 aromatic carbocycles. The zero-order valence-corrected chi connectivity index (χ0v) is 9.03. The minimum Gasteiger partial charge on any atom is -0.328 e. The molecule has 1 rings (SSSR count). The Labute approximate surface area is 84.6 Å². The zero-order valence-electron chi connectivity index (χ0n) is 9.03. The Bertz CT molecular complexity index is 355. The van der Waals surface area contributed by atoms with Gasteiger partial charge >= 0.3 is 0 Å². The van der Waals surface area contributed by atoms with Gasteiger partial charge in [-0.25, -0.2) is 0 Å². The smallest absolute Gasteiger partial charge is 0.250 e. The van der Waals surface area contributed by atoms with Crippen molar-refractivity contribution in [1.29, 1.82) is 0 Å². The summed E-state index contributed by atoms with van der Waals surface area (Å²) >= 11 is 0. The zero-order chi connectivity index (χ0) is 10.7. The van der Waals surface area contributed by atoms with E-state index in [-0.39, 0.29) is 11.6 Å². The Morgan fingerprint density at radius 2 is 2.07 bits per heavy atom. The maximum atomic E-state index is 11.6. The second kappa shape index (κ2) is 4.42. The van der Waals surface area contributed by atoms with Crippen LogP contribution in [0.4, 0.5) is 0 Å². The minimum absolute atomic E-state index is 0.0275. The first kappa shape index (κ1) is 11.0. The molecule has 0 fully saturated rings. The van der Waals surface area contributed by atoms with E-state index in [1.807, 2.05) is 19.2 Å². The summed E-state index contributed by atoms with van der Waals surface area (Å²) in [5.74, 6) is 0.375. The van der Waals surface area contributed by atoms with E-state index in [2.05, 4.69) is 13.8 Å². The van der Waals surface area contributed by atoms with Crippen molar-refractivity contribution in [2.45, 2.75) is 26.8 Å². The van der Waals surface area contributed by atoms with Crippen LogP contribution < -0.4 is 11.3 Å². The molecule has 0 aliphatic heterocycles. The predicted octanol–water partition coefficient (Wildman–Crippen LogP) is 1.31. The third kappa shape index (κ3) is 2.23. The molecule has 1 aromatic rings. The van der Waals surface area contributed by atoms with Crippen molar-refractivity contribution >= 4 is 0 Å². The molecule has 3 nitrogen and oxygen atoms in total. The Hall–Kier alpha value is -1.09. The lowest BCUT2D eigenvalue weighted by Crippen LogP contribution is -2.32. The lowest BCUT2D eigenvalue weighted by atomic mass is 10.0. The van der Waals surface area contributed by atoms with Gasteiger partial charge in [0.1, 0.15) is 0 Å². The van der Waals surface area contributed by atoms with Gasteiger partial charge in [0.15, 0.2) is 0 Å². The van der Waals surface area contributed by atoms with E-state index in [0.29, 0.717) is 12.5 Å². The average Bonchev–Trinajstić information content (AvgIpc) is 2.11. The van der Waals surface area contributed by atoms with Crippen LogP contribution in [-0.4, -0.2) is 11.1 Å². The molecule has 0 bridgehead atoms. The fourth-order valence-corrected chi connectivity index (χ4v) is 1.58. The second-order valence-corrected chi connectivity index (χ2v) is 4.00. The van der Waals surface area contributed by atoms with E-state index < -0.39 is 0 Å². The van der Waals surface area contributed by atoms with Gasteiger partial charge in [0.05, 0.1) is 6.04 Å². The minimum atomic E-state index is 0.0275. The Morgan fingerprint density at radius 3 is 2.57 bits per heavy atom. The molecule has 0 saturated carbocycles. The van der Waals surface area contributed by atoms with Crippen molar-refractivity contribution in [2.75, 3.05) is 6.54 Å². The summed E-state index contributed by atoms with van der Waals surface area (Å²) < 4.78 is 1.74. The molecule has 0 spiro atoms. The highest BCUT2D eigenvalue weighted by atomic mass is 16.1. The highest BCUT2D eigenvalue weighted by molar-refractivity contribution is 5.08. The molecule has 1 heterocycles. The highest BCUT2D eigenvalue weighted by Crippen LogP contribution is 2.14. The van der Waals surface area contributed by atoms with Crippen molar-refractivity contribution in [3.05, 3.63) is 34.2 Å². The Kier molecular flexibility index (Phi) is 3.47. The van der Waals surface area contributed by atoms with Gasteiger partial charge in [-0.15, -0.1) is 0 Å². The quantitative estimate of drug-likeness (QED) is 0.788. The van der Waals surface area contributed by atoms with Crippen molar-refractivity contribution in [3.63, 3.8) is 0 Å². The number of nitrogens with zero attached hydrogens (tertiary/aromatic N) is 1. The molecule has 0 saturated heterocycles. The molecule has 3 heteroatoms. The number of hydrogen-bond acceptors (Lipinski definition) is 2. The molecule has 1 aromatic heterocycles.